The van der Waals surface area contributed by atoms with Crippen molar-refractivity contribution in [2.24, 2.45) is 0 Å². The molecule has 0 saturated carbocycles. The number of nitrogens with one attached hydrogen (secondary N) is 1. The van der Waals surface area contributed by atoms with Crippen LogP contribution >= 0.6 is 0 Å². The fourth-order valence-corrected chi connectivity index (χ4v) is 3.37. The van der Waals surface area contributed by atoms with E-state index in [4.69, 9.17) is 9.47 Å². The molecule has 0 fully saturated rings. The summed E-state index contributed by atoms with van der Waals surface area (Å²) in [4.78, 5) is 0. The van der Waals surface area contributed by atoms with Crippen molar-refractivity contribution in [2.45, 2.75) is 19.5 Å². The van der Waals surface area contributed by atoms with Gasteiger partial charge in [0.05, 0.1) is 13.7 Å². The van der Waals surface area contributed by atoms with Crippen LogP contribution in [0, 0.1) is 0 Å². The summed E-state index contributed by atoms with van der Waals surface area (Å²) < 4.78 is 11.0. The first kappa shape index (κ1) is 16.7. The molecule has 3 aromatic rings. The number of para-hydroxylation sites is 1. The molecule has 0 spiro atoms. The number of benzene rings is 3. The zero-order valence-electron chi connectivity index (χ0n) is 15.0. The van der Waals surface area contributed by atoms with Gasteiger partial charge in [0.1, 0.15) is 11.5 Å². The van der Waals surface area contributed by atoms with Crippen LogP contribution in [0.3, 0.4) is 0 Å². The lowest BCUT2D eigenvalue weighted by Gasteiger charge is -2.10. The van der Waals surface area contributed by atoms with Crippen molar-refractivity contribution in [3.63, 3.8) is 0 Å². The third kappa shape index (κ3) is 3.58. The molecular formula is C23H23NO2. The summed E-state index contributed by atoms with van der Waals surface area (Å²) in [6, 6.07) is 23.3. The van der Waals surface area contributed by atoms with E-state index in [2.05, 4.69) is 53.8 Å². The molecule has 3 heteroatoms. The molecule has 1 aliphatic heterocycles. The number of fused-ring (bicyclic) bond motifs is 1. The van der Waals surface area contributed by atoms with Crippen molar-refractivity contribution in [2.75, 3.05) is 13.7 Å². The molecular weight excluding hydrogens is 322 g/mol. The largest absolute Gasteiger partial charge is 0.496 e. The maximum atomic E-state index is 5.59. The summed E-state index contributed by atoms with van der Waals surface area (Å²) in [5.41, 5.74) is 6.25. The van der Waals surface area contributed by atoms with Gasteiger partial charge in [-0.05, 0) is 40.5 Å². The Morgan fingerprint density at radius 3 is 2.58 bits per heavy atom. The Kier molecular flexibility index (Phi) is 4.89. The molecule has 0 radical (unpaired) electrons. The number of rotatable bonds is 6. The third-order valence-electron chi connectivity index (χ3n) is 4.81. The first-order valence-corrected chi connectivity index (χ1v) is 9.01. The van der Waals surface area contributed by atoms with E-state index in [1.54, 1.807) is 7.11 Å². The minimum absolute atomic E-state index is 0.788. The molecule has 1 heterocycles. The van der Waals surface area contributed by atoms with Gasteiger partial charge in [-0.2, -0.15) is 0 Å². The lowest BCUT2D eigenvalue weighted by molar-refractivity contribution is 0.357. The minimum Gasteiger partial charge on any atom is -0.496 e. The van der Waals surface area contributed by atoms with E-state index < -0.39 is 0 Å². The van der Waals surface area contributed by atoms with Crippen molar-refractivity contribution in [1.82, 2.24) is 5.32 Å². The Labute approximate surface area is 154 Å². The van der Waals surface area contributed by atoms with Gasteiger partial charge in [0.25, 0.3) is 0 Å². The number of methoxy groups -OCH3 is 1. The van der Waals surface area contributed by atoms with E-state index >= 15 is 0 Å². The van der Waals surface area contributed by atoms with Gasteiger partial charge in [0, 0.05) is 25.1 Å². The van der Waals surface area contributed by atoms with Gasteiger partial charge in [-0.15, -0.1) is 0 Å². The van der Waals surface area contributed by atoms with E-state index in [0.717, 1.165) is 37.6 Å². The summed E-state index contributed by atoms with van der Waals surface area (Å²) in [6.07, 6.45) is 1.01. The SMILES string of the molecule is COc1ccccc1CNCc1ccc(-c2ccc3c(c2)CCO3)cc1. The molecule has 26 heavy (non-hydrogen) atoms. The van der Waals surface area contributed by atoms with Gasteiger partial charge in [0.15, 0.2) is 0 Å². The zero-order valence-corrected chi connectivity index (χ0v) is 15.0. The van der Waals surface area contributed by atoms with Gasteiger partial charge in [-0.1, -0.05) is 48.5 Å². The van der Waals surface area contributed by atoms with Gasteiger partial charge >= 0.3 is 0 Å². The number of hydrogen-bond donors (Lipinski definition) is 1. The Morgan fingerprint density at radius 2 is 1.73 bits per heavy atom. The molecule has 132 valence electrons. The fraction of sp³-hybridized carbons (Fsp3) is 0.217. The molecule has 3 nitrogen and oxygen atoms in total. The summed E-state index contributed by atoms with van der Waals surface area (Å²) in [5, 5.41) is 3.49. The van der Waals surface area contributed by atoms with Crippen LogP contribution < -0.4 is 14.8 Å². The van der Waals surface area contributed by atoms with E-state index in [1.807, 2.05) is 18.2 Å². The quantitative estimate of drug-likeness (QED) is 0.709. The molecule has 0 aliphatic carbocycles. The summed E-state index contributed by atoms with van der Waals surface area (Å²) in [7, 11) is 1.71. The monoisotopic (exact) mass is 345 g/mol. The van der Waals surface area contributed by atoms with Crippen LogP contribution in [-0.2, 0) is 19.5 Å². The summed E-state index contributed by atoms with van der Waals surface area (Å²) in [6.45, 7) is 2.42. The zero-order chi connectivity index (χ0) is 17.8. The van der Waals surface area contributed by atoms with Crippen LogP contribution in [0.5, 0.6) is 11.5 Å². The third-order valence-corrected chi connectivity index (χ3v) is 4.81. The lowest BCUT2D eigenvalue weighted by Crippen LogP contribution is -2.13. The Morgan fingerprint density at radius 1 is 0.923 bits per heavy atom. The van der Waals surface area contributed by atoms with Crippen molar-refractivity contribution in [3.05, 3.63) is 83.4 Å². The lowest BCUT2D eigenvalue weighted by atomic mass is 10.0. The van der Waals surface area contributed by atoms with Gasteiger partial charge in [0.2, 0.25) is 0 Å². The molecule has 3 aromatic carbocycles. The highest BCUT2D eigenvalue weighted by atomic mass is 16.5. The predicted molar refractivity (Wildman–Crippen MR) is 105 cm³/mol. The van der Waals surface area contributed by atoms with Crippen molar-refractivity contribution in [3.8, 4) is 22.6 Å². The Bertz CT molecular complexity index is 887. The Hall–Kier alpha value is -2.78. The normalized spacial score (nSPS) is 12.5. The maximum Gasteiger partial charge on any atom is 0.123 e. The number of hydrogen-bond acceptors (Lipinski definition) is 3. The number of ether oxygens (including phenoxy) is 2. The first-order valence-electron chi connectivity index (χ1n) is 9.01. The molecule has 0 saturated heterocycles. The van der Waals surface area contributed by atoms with Gasteiger partial charge < -0.3 is 14.8 Å². The molecule has 0 bridgehead atoms. The summed E-state index contributed by atoms with van der Waals surface area (Å²) >= 11 is 0. The second-order valence-corrected chi connectivity index (χ2v) is 6.53. The van der Waals surface area contributed by atoms with Crippen LogP contribution in [0.1, 0.15) is 16.7 Å². The van der Waals surface area contributed by atoms with Gasteiger partial charge in [-0.3, -0.25) is 0 Å². The molecule has 0 amide bonds. The molecule has 1 aliphatic rings. The van der Waals surface area contributed by atoms with Gasteiger partial charge in [-0.25, -0.2) is 0 Å². The second kappa shape index (κ2) is 7.63. The van der Waals surface area contributed by atoms with Crippen LogP contribution in [0.4, 0.5) is 0 Å². The maximum absolute atomic E-state index is 5.59. The van der Waals surface area contributed by atoms with Crippen LogP contribution in [0.25, 0.3) is 11.1 Å². The molecule has 0 atom stereocenters. The van der Waals surface area contributed by atoms with E-state index in [-0.39, 0.29) is 0 Å². The van der Waals surface area contributed by atoms with E-state index in [1.165, 1.54) is 27.8 Å². The highest BCUT2D eigenvalue weighted by molar-refractivity contribution is 5.66. The highest BCUT2D eigenvalue weighted by Crippen LogP contribution is 2.30. The van der Waals surface area contributed by atoms with Crippen molar-refractivity contribution < 1.29 is 9.47 Å². The predicted octanol–water partition coefficient (Wildman–Crippen LogP) is 4.59. The standard InChI is InChI=1S/C23H23NO2/c1-25-22-5-3-2-4-21(22)16-24-15-17-6-8-18(9-7-17)19-10-11-23-20(14-19)12-13-26-23/h2-11,14,24H,12-13,15-16H2,1H3. The summed E-state index contributed by atoms with van der Waals surface area (Å²) in [5.74, 6) is 1.96. The average molecular weight is 345 g/mol. The molecule has 0 unspecified atom stereocenters. The average Bonchev–Trinajstić information content (AvgIpc) is 3.17. The molecule has 0 aromatic heterocycles. The second-order valence-electron chi connectivity index (χ2n) is 6.53. The van der Waals surface area contributed by atoms with E-state index in [0.29, 0.717) is 0 Å². The highest BCUT2D eigenvalue weighted by Gasteiger charge is 2.12. The van der Waals surface area contributed by atoms with Crippen LogP contribution in [-0.4, -0.2) is 13.7 Å². The van der Waals surface area contributed by atoms with Crippen molar-refractivity contribution in [1.29, 1.82) is 0 Å². The smallest absolute Gasteiger partial charge is 0.123 e. The van der Waals surface area contributed by atoms with Crippen LogP contribution in [0.2, 0.25) is 0 Å². The molecule has 1 N–H and O–H groups in total. The van der Waals surface area contributed by atoms with Crippen molar-refractivity contribution >= 4 is 0 Å². The first-order chi connectivity index (χ1) is 12.8. The fourth-order valence-electron chi connectivity index (χ4n) is 3.37. The topological polar surface area (TPSA) is 30.5 Å². The van der Waals surface area contributed by atoms with Crippen LogP contribution in [0.15, 0.2) is 66.7 Å². The van der Waals surface area contributed by atoms with E-state index in [9.17, 15) is 0 Å². The molecule has 4 rings (SSSR count). The Balaban J connectivity index is 1.39. The minimum atomic E-state index is 0.788.